The number of carbonyl (C=O) groups is 2. The quantitative estimate of drug-likeness (QED) is 0.0959. The third kappa shape index (κ3) is 8.27. The number of rotatable bonds is 4. The molecule has 0 saturated heterocycles. The van der Waals surface area contributed by atoms with E-state index in [1.165, 1.54) is 12.4 Å². The molecule has 4 rings (SSSR count). The Balaban J connectivity index is 0.000000618. The van der Waals surface area contributed by atoms with Crippen molar-refractivity contribution in [3.63, 3.8) is 0 Å². The van der Waals surface area contributed by atoms with Crippen molar-refractivity contribution in [3.8, 4) is 11.5 Å². The molecule has 0 spiro atoms. The summed E-state index contributed by atoms with van der Waals surface area (Å²) < 4.78 is 0. The van der Waals surface area contributed by atoms with Gasteiger partial charge < -0.3 is 20.4 Å². The van der Waals surface area contributed by atoms with Crippen LogP contribution in [0.3, 0.4) is 0 Å². The maximum atomic E-state index is 12.1. The standard InChI is InChI=1S/C23H18N4O2S.C2H2O4.Ni/c28-21-11-17-7-3-1-5-15(17)9-19(21)13-24-26-23(30)27-25-14-20-10-16-6-2-4-8-18(16)12-22(20)29;3-1(4)2(5)6;/h1-14,28-29H,(H2,26,27,30);(H,3,4)(H,5,6);/q;;+2/p-2/b24-13+,25-14+;;. The minimum atomic E-state index is -1.82. The predicted molar refractivity (Wildman–Crippen MR) is 136 cm³/mol. The molecule has 4 N–H and O–H groups in total. The third-order valence-corrected chi connectivity index (χ3v) is 4.86. The van der Waals surface area contributed by atoms with E-state index >= 15 is 0 Å². The van der Waals surface area contributed by atoms with Gasteiger partial charge in [0.2, 0.25) is 5.11 Å². The fraction of sp³-hybridized carbons (Fsp3) is 0. The van der Waals surface area contributed by atoms with Crippen molar-refractivity contribution in [1.29, 1.82) is 0 Å². The van der Waals surface area contributed by atoms with E-state index < -0.39 is 11.9 Å². The summed E-state index contributed by atoms with van der Waals surface area (Å²) in [5.41, 5.74) is 6.08. The first-order valence-electron chi connectivity index (χ1n) is 10.2. The number of hydrogen-bond acceptors (Lipinski definition) is 7. The summed E-state index contributed by atoms with van der Waals surface area (Å²) in [5.74, 6) is -3.91. The molecule has 0 aliphatic rings. The van der Waals surface area contributed by atoms with Gasteiger partial charge in [0.25, 0.3) is 0 Å². The van der Waals surface area contributed by atoms with Crippen LogP contribution in [0.5, 0.6) is 11.5 Å². The molecule has 0 bridgehead atoms. The molecule has 0 unspecified atom stereocenters. The van der Waals surface area contributed by atoms with E-state index in [1.807, 2.05) is 48.5 Å². The van der Waals surface area contributed by atoms with E-state index in [9.17, 15) is 10.2 Å². The zero-order chi connectivity index (χ0) is 26.1. The summed E-state index contributed by atoms with van der Waals surface area (Å²) in [6, 6.07) is 21.9. The minimum absolute atomic E-state index is 0. The topological polar surface area (TPSA) is 170 Å². The van der Waals surface area contributed by atoms with Gasteiger partial charge in [-0.05, 0) is 57.0 Å². The van der Waals surface area contributed by atoms with Gasteiger partial charge in [-0.2, -0.15) is 10.2 Å². The third-order valence-electron chi connectivity index (χ3n) is 4.68. The van der Waals surface area contributed by atoms with Gasteiger partial charge in [-0.25, -0.2) is 9.59 Å². The minimum Gasteiger partial charge on any atom is -0.872 e. The second-order valence-corrected chi connectivity index (χ2v) is 7.56. The number of nitrogens with one attached hydrogen (secondary N) is 2. The molecule has 0 amide bonds. The number of hydrazone groups is 2. The number of nitrogens with zero attached hydrogens (tertiary/aromatic N) is 2. The molecular formula is C25H18N4NiO6S. The van der Waals surface area contributed by atoms with Crippen molar-refractivity contribution in [2.45, 2.75) is 0 Å². The Morgan fingerprint density at radius 3 is 1.35 bits per heavy atom. The summed E-state index contributed by atoms with van der Waals surface area (Å²) in [6.07, 6.45) is 2.82. The van der Waals surface area contributed by atoms with Crippen LogP contribution in [0.2, 0.25) is 0 Å². The van der Waals surface area contributed by atoms with Crippen molar-refractivity contribution in [3.05, 3.63) is 83.9 Å². The molecule has 37 heavy (non-hydrogen) atoms. The van der Waals surface area contributed by atoms with E-state index in [1.54, 1.807) is 24.3 Å². The smallest absolute Gasteiger partial charge is 0.872 e. The predicted octanol–water partition coefficient (Wildman–Crippen LogP) is 2.13. The number of carboxylic acid groups (broad SMARTS) is 2. The molecule has 0 fully saturated rings. The van der Waals surface area contributed by atoms with Crippen molar-refractivity contribution in [2.24, 2.45) is 10.2 Å². The number of aliphatic carboxylic acids is 2. The molecule has 12 heteroatoms. The number of benzene rings is 4. The van der Waals surface area contributed by atoms with Crippen LogP contribution >= 0.6 is 12.2 Å². The molecule has 4 aromatic rings. The average Bonchev–Trinajstić information content (AvgIpc) is 2.85. The Kier molecular flexibility index (Phi) is 10.5. The number of thiocarbonyl (C=S) groups is 1. The van der Waals surface area contributed by atoms with Gasteiger partial charge in [-0.1, -0.05) is 72.2 Å². The number of hydrogen-bond donors (Lipinski definition) is 4. The van der Waals surface area contributed by atoms with Crippen LogP contribution in [0.15, 0.2) is 83.0 Å². The van der Waals surface area contributed by atoms with E-state index in [-0.39, 0.29) is 33.1 Å². The first kappa shape index (κ1) is 28.7. The molecular weight excluding hydrogens is 543 g/mol. The van der Waals surface area contributed by atoms with Crippen LogP contribution in [0.4, 0.5) is 0 Å². The van der Waals surface area contributed by atoms with E-state index in [0.717, 1.165) is 21.5 Å². The van der Waals surface area contributed by atoms with E-state index in [4.69, 9.17) is 32.0 Å². The molecule has 0 aromatic heterocycles. The molecule has 0 heterocycles. The Bertz CT molecular complexity index is 1400. The second-order valence-electron chi connectivity index (χ2n) is 7.15. The largest absolute Gasteiger partial charge is 2.00 e. The van der Waals surface area contributed by atoms with Crippen LogP contribution < -0.4 is 21.1 Å². The first-order chi connectivity index (χ1) is 17.2. The summed E-state index contributed by atoms with van der Waals surface area (Å²) in [5, 5.41) is 50.8. The molecule has 0 radical (unpaired) electrons. The zero-order valence-corrected chi connectivity index (χ0v) is 20.5. The molecule has 0 aliphatic heterocycles. The van der Waals surface area contributed by atoms with Crippen LogP contribution in [0.25, 0.3) is 21.5 Å². The van der Waals surface area contributed by atoms with Crippen molar-refractivity contribution < 1.29 is 46.5 Å². The second kappa shape index (κ2) is 13.5. The van der Waals surface area contributed by atoms with Gasteiger partial charge >= 0.3 is 28.4 Å². The molecule has 0 saturated carbocycles. The van der Waals surface area contributed by atoms with Crippen molar-refractivity contribution >= 4 is 63.2 Å². The summed E-state index contributed by atoms with van der Waals surface area (Å²) >= 11 is 5.10. The Morgan fingerprint density at radius 2 is 1.03 bits per heavy atom. The first-order valence-corrected chi connectivity index (χ1v) is 10.6. The van der Waals surface area contributed by atoms with E-state index in [2.05, 4.69) is 21.1 Å². The van der Waals surface area contributed by atoms with Crippen molar-refractivity contribution in [2.75, 3.05) is 0 Å². The Morgan fingerprint density at radius 1 is 0.703 bits per heavy atom. The van der Waals surface area contributed by atoms with Gasteiger partial charge in [-0.3, -0.25) is 10.9 Å². The van der Waals surface area contributed by atoms with Crippen LogP contribution in [-0.4, -0.2) is 39.7 Å². The summed E-state index contributed by atoms with van der Waals surface area (Å²) in [7, 11) is 0. The zero-order valence-electron chi connectivity index (χ0n) is 18.7. The molecule has 0 atom stereocenters. The van der Waals surface area contributed by atoms with Gasteiger partial charge in [-0.15, -0.1) is 0 Å². The van der Waals surface area contributed by atoms with Crippen molar-refractivity contribution in [1.82, 2.24) is 10.9 Å². The number of fused-ring (bicyclic) bond motifs is 2. The summed E-state index contributed by atoms with van der Waals surface area (Å²) in [4.78, 5) is 18.2. The number of carboxylic acids is 2. The normalized spacial score (nSPS) is 10.5. The van der Waals surface area contributed by atoms with Gasteiger partial charge in [0.1, 0.15) is 0 Å². The molecule has 190 valence electrons. The molecule has 10 nitrogen and oxygen atoms in total. The van der Waals surface area contributed by atoms with Crippen LogP contribution in [0, 0.1) is 0 Å². The fourth-order valence-electron chi connectivity index (χ4n) is 3.02. The fourth-order valence-corrected chi connectivity index (χ4v) is 3.13. The summed E-state index contributed by atoms with van der Waals surface area (Å²) in [6.45, 7) is 0. The van der Waals surface area contributed by atoms with Gasteiger partial charge in [0.15, 0.2) is 0 Å². The maximum absolute atomic E-state index is 12.1. The monoisotopic (exact) mass is 560 g/mol. The van der Waals surface area contributed by atoms with Crippen LogP contribution in [-0.2, 0) is 26.1 Å². The molecule has 0 aliphatic carbocycles. The van der Waals surface area contributed by atoms with Gasteiger partial charge in [0.05, 0.1) is 12.4 Å². The van der Waals surface area contributed by atoms with Gasteiger partial charge in [0, 0.05) is 0 Å². The van der Waals surface area contributed by atoms with E-state index in [0.29, 0.717) is 11.1 Å². The van der Waals surface area contributed by atoms with Crippen LogP contribution in [0.1, 0.15) is 11.1 Å². The SMILES string of the molecule is O=C(O)C(=O)O.[Ni+2].[O-]c1cc2ccccc2cc1/C=N/NC(=S)N/N=C/c1cc2ccccc2cc1[O-]. The Labute approximate surface area is 225 Å². The maximum Gasteiger partial charge on any atom is 2.00 e. The average molecular weight is 561 g/mol. The Hall–Kier alpha value is -4.54. The molecule has 4 aromatic carbocycles.